The summed E-state index contributed by atoms with van der Waals surface area (Å²) >= 11 is 0. The highest BCUT2D eigenvalue weighted by molar-refractivity contribution is 5.77. The van der Waals surface area contributed by atoms with Crippen LogP contribution in [-0.2, 0) is 11.2 Å². The predicted molar refractivity (Wildman–Crippen MR) is 84.9 cm³/mol. The molecule has 0 bridgehead atoms. The zero-order valence-electron chi connectivity index (χ0n) is 14.1. The average Bonchev–Trinajstić information content (AvgIpc) is 3.22. The van der Waals surface area contributed by atoms with E-state index in [0.717, 1.165) is 38.1 Å². The van der Waals surface area contributed by atoms with Crippen molar-refractivity contribution in [2.75, 3.05) is 6.54 Å². The van der Waals surface area contributed by atoms with Gasteiger partial charge in [0.05, 0.1) is 11.6 Å². The molecule has 1 aliphatic heterocycles. The van der Waals surface area contributed by atoms with Crippen LogP contribution in [0.2, 0.25) is 0 Å². The average molecular weight is 321 g/mol. The maximum Gasteiger partial charge on any atom is 0.227 e. The largest absolute Gasteiger partial charge is 0.388 e. The Morgan fingerprint density at radius 3 is 2.74 bits per heavy atom. The van der Waals surface area contributed by atoms with E-state index in [4.69, 9.17) is 4.52 Å². The minimum absolute atomic E-state index is 0.0650. The minimum Gasteiger partial charge on any atom is -0.388 e. The molecule has 1 saturated carbocycles. The second-order valence-electron chi connectivity index (χ2n) is 7.43. The lowest BCUT2D eigenvalue weighted by molar-refractivity contribution is -0.136. The van der Waals surface area contributed by atoms with E-state index >= 15 is 0 Å². The van der Waals surface area contributed by atoms with Crippen molar-refractivity contribution in [2.45, 2.75) is 82.8 Å². The SMILES string of the molecule is CC(C)(O)C1CCCN1C(=O)CCc1nc(C2CCCC2)no1. The van der Waals surface area contributed by atoms with E-state index in [2.05, 4.69) is 10.1 Å². The molecule has 128 valence electrons. The third kappa shape index (κ3) is 3.74. The molecule has 1 aromatic heterocycles. The third-order valence-corrected chi connectivity index (χ3v) is 5.15. The lowest BCUT2D eigenvalue weighted by atomic mass is 9.96. The normalized spacial score (nSPS) is 22.9. The number of aliphatic hydroxyl groups is 1. The fourth-order valence-electron chi connectivity index (χ4n) is 3.88. The van der Waals surface area contributed by atoms with Gasteiger partial charge in [0.2, 0.25) is 11.8 Å². The van der Waals surface area contributed by atoms with Gasteiger partial charge >= 0.3 is 0 Å². The molecule has 6 nitrogen and oxygen atoms in total. The molecular formula is C17H27N3O3. The van der Waals surface area contributed by atoms with Gasteiger partial charge in [0.15, 0.2) is 5.82 Å². The van der Waals surface area contributed by atoms with Gasteiger partial charge in [0, 0.05) is 25.3 Å². The second kappa shape index (κ2) is 6.59. The molecule has 1 aromatic rings. The summed E-state index contributed by atoms with van der Waals surface area (Å²) in [6, 6.07) is -0.0910. The van der Waals surface area contributed by atoms with Gasteiger partial charge < -0.3 is 14.5 Å². The summed E-state index contributed by atoms with van der Waals surface area (Å²) in [4.78, 5) is 18.7. The quantitative estimate of drug-likeness (QED) is 0.901. The van der Waals surface area contributed by atoms with Crippen LogP contribution in [0.5, 0.6) is 0 Å². The third-order valence-electron chi connectivity index (χ3n) is 5.15. The van der Waals surface area contributed by atoms with E-state index in [1.165, 1.54) is 12.8 Å². The van der Waals surface area contributed by atoms with Crippen molar-refractivity contribution in [1.82, 2.24) is 15.0 Å². The predicted octanol–water partition coefficient (Wildman–Crippen LogP) is 2.42. The Hall–Kier alpha value is -1.43. The summed E-state index contributed by atoms with van der Waals surface area (Å²) in [6.45, 7) is 4.27. The Labute approximate surface area is 137 Å². The molecule has 23 heavy (non-hydrogen) atoms. The second-order valence-corrected chi connectivity index (χ2v) is 7.43. The summed E-state index contributed by atoms with van der Waals surface area (Å²) in [5.74, 6) is 1.86. The molecule has 2 aliphatic rings. The molecule has 6 heteroatoms. The summed E-state index contributed by atoms with van der Waals surface area (Å²) < 4.78 is 5.30. The fraction of sp³-hybridized carbons (Fsp3) is 0.824. The van der Waals surface area contributed by atoms with Crippen molar-refractivity contribution in [3.05, 3.63) is 11.7 Å². The number of hydrogen-bond donors (Lipinski definition) is 1. The van der Waals surface area contributed by atoms with Crippen LogP contribution in [0.15, 0.2) is 4.52 Å². The number of amides is 1. The van der Waals surface area contributed by atoms with Gasteiger partial charge in [0.25, 0.3) is 0 Å². The number of rotatable bonds is 5. The number of nitrogens with zero attached hydrogens (tertiary/aromatic N) is 3. The molecule has 1 saturated heterocycles. The van der Waals surface area contributed by atoms with Crippen LogP contribution in [0.25, 0.3) is 0 Å². The molecule has 0 spiro atoms. The van der Waals surface area contributed by atoms with Gasteiger partial charge in [-0.25, -0.2) is 0 Å². The first kappa shape index (κ1) is 16.4. The molecule has 1 aliphatic carbocycles. The Balaban J connectivity index is 1.54. The summed E-state index contributed by atoms with van der Waals surface area (Å²) in [5, 5.41) is 14.3. The highest BCUT2D eigenvalue weighted by Crippen LogP contribution is 2.32. The van der Waals surface area contributed by atoms with Crippen LogP contribution in [0.3, 0.4) is 0 Å². The van der Waals surface area contributed by atoms with E-state index in [1.54, 1.807) is 13.8 Å². The molecular weight excluding hydrogens is 294 g/mol. The lowest BCUT2D eigenvalue weighted by Gasteiger charge is -2.33. The first-order chi connectivity index (χ1) is 10.9. The van der Waals surface area contributed by atoms with Crippen molar-refractivity contribution in [3.8, 4) is 0 Å². The summed E-state index contributed by atoms with van der Waals surface area (Å²) in [5.41, 5.74) is -0.855. The highest BCUT2D eigenvalue weighted by atomic mass is 16.5. The number of carbonyl (C=O) groups is 1. The maximum absolute atomic E-state index is 12.5. The van der Waals surface area contributed by atoms with Crippen LogP contribution in [0, 0.1) is 0 Å². The number of carbonyl (C=O) groups excluding carboxylic acids is 1. The molecule has 0 aromatic carbocycles. The topological polar surface area (TPSA) is 79.5 Å². The van der Waals surface area contributed by atoms with E-state index in [1.807, 2.05) is 4.90 Å². The minimum atomic E-state index is -0.855. The van der Waals surface area contributed by atoms with Crippen molar-refractivity contribution < 1.29 is 14.4 Å². The zero-order valence-corrected chi connectivity index (χ0v) is 14.1. The van der Waals surface area contributed by atoms with Crippen LogP contribution in [0.1, 0.15) is 76.4 Å². The Bertz CT molecular complexity index is 544. The first-order valence-corrected chi connectivity index (χ1v) is 8.79. The van der Waals surface area contributed by atoms with E-state index in [-0.39, 0.29) is 11.9 Å². The van der Waals surface area contributed by atoms with E-state index in [0.29, 0.717) is 24.7 Å². The van der Waals surface area contributed by atoms with Gasteiger partial charge in [-0.15, -0.1) is 0 Å². The van der Waals surface area contributed by atoms with Crippen LogP contribution in [-0.4, -0.2) is 44.2 Å². The molecule has 1 unspecified atom stereocenters. The van der Waals surface area contributed by atoms with Crippen molar-refractivity contribution in [3.63, 3.8) is 0 Å². The highest BCUT2D eigenvalue weighted by Gasteiger charge is 2.38. The Morgan fingerprint density at radius 2 is 2.04 bits per heavy atom. The van der Waals surface area contributed by atoms with Gasteiger partial charge in [0.1, 0.15) is 0 Å². The summed E-state index contributed by atoms with van der Waals surface area (Å²) in [7, 11) is 0. The number of likely N-dealkylation sites (tertiary alicyclic amines) is 1. The molecule has 1 amide bonds. The number of aromatic nitrogens is 2. The molecule has 1 N–H and O–H groups in total. The van der Waals surface area contributed by atoms with Crippen LogP contribution in [0.4, 0.5) is 0 Å². The first-order valence-electron chi connectivity index (χ1n) is 8.79. The van der Waals surface area contributed by atoms with Crippen molar-refractivity contribution in [1.29, 1.82) is 0 Å². The van der Waals surface area contributed by atoms with Gasteiger partial charge in [-0.1, -0.05) is 18.0 Å². The van der Waals surface area contributed by atoms with Crippen LogP contribution >= 0.6 is 0 Å². The van der Waals surface area contributed by atoms with Gasteiger partial charge in [-0.05, 0) is 39.5 Å². The fourth-order valence-corrected chi connectivity index (χ4v) is 3.88. The zero-order chi connectivity index (χ0) is 16.4. The van der Waals surface area contributed by atoms with Crippen LogP contribution < -0.4 is 0 Å². The number of aryl methyl sites for hydroxylation is 1. The number of hydrogen-bond acceptors (Lipinski definition) is 5. The van der Waals surface area contributed by atoms with Gasteiger partial charge in [-0.3, -0.25) is 4.79 Å². The molecule has 0 radical (unpaired) electrons. The smallest absolute Gasteiger partial charge is 0.227 e. The molecule has 2 fully saturated rings. The monoisotopic (exact) mass is 321 g/mol. The van der Waals surface area contributed by atoms with E-state index < -0.39 is 5.60 Å². The Kier molecular flexibility index (Phi) is 4.71. The van der Waals surface area contributed by atoms with Crippen molar-refractivity contribution in [2.24, 2.45) is 0 Å². The Morgan fingerprint density at radius 1 is 1.30 bits per heavy atom. The maximum atomic E-state index is 12.5. The standard InChI is InChI=1S/C17H27N3O3/c1-17(2,22)13-8-5-11-20(13)15(21)10-9-14-18-16(19-23-14)12-6-3-4-7-12/h12-13,22H,3-11H2,1-2H3. The molecule has 3 rings (SSSR count). The van der Waals surface area contributed by atoms with Gasteiger partial charge in [-0.2, -0.15) is 4.98 Å². The van der Waals surface area contributed by atoms with Crippen molar-refractivity contribution >= 4 is 5.91 Å². The summed E-state index contributed by atoms with van der Waals surface area (Å²) in [6.07, 6.45) is 7.40. The van der Waals surface area contributed by atoms with E-state index in [9.17, 15) is 9.90 Å². The lowest BCUT2D eigenvalue weighted by Crippen LogP contribution is -2.48. The molecule has 2 heterocycles. The molecule has 1 atom stereocenters.